The van der Waals surface area contributed by atoms with Crippen LogP contribution < -0.4 is 5.32 Å². The Morgan fingerprint density at radius 1 is 1.14 bits per heavy atom. The number of hydrogen-bond acceptors (Lipinski definition) is 7. The molecule has 1 amide bonds. The molecule has 3 heterocycles. The van der Waals surface area contributed by atoms with Crippen molar-refractivity contribution in [1.29, 1.82) is 5.26 Å². The second kappa shape index (κ2) is 10.00. The third-order valence-corrected chi connectivity index (χ3v) is 8.39. The molecule has 7 nitrogen and oxygen atoms in total. The molecule has 36 heavy (non-hydrogen) atoms. The highest BCUT2D eigenvalue weighted by molar-refractivity contribution is 7.16. The number of aromatic nitrogens is 1. The van der Waals surface area contributed by atoms with Crippen molar-refractivity contribution in [3.8, 4) is 6.07 Å². The number of pyridine rings is 1. The average molecular weight is 503 g/mol. The van der Waals surface area contributed by atoms with E-state index in [2.05, 4.69) is 30.1 Å². The SMILES string of the molecule is CC(OC(=O)c1c2c(nc3ccccc13)CCN(C(C)C)C2)C(=O)Nc1sc2c(c1C#N)CCCC2. The van der Waals surface area contributed by atoms with Crippen LogP contribution in [0.25, 0.3) is 10.9 Å². The number of esters is 1. The molecule has 0 saturated carbocycles. The fraction of sp³-hybridized carbons (Fsp3) is 0.429. The molecule has 1 N–H and O–H groups in total. The highest BCUT2D eigenvalue weighted by Crippen LogP contribution is 2.38. The quantitative estimate of drug-likeness (QED) is 0.494. The fourth-order valence-electron chi connectivity index (χ4n) is 5.14. The predicted octanol–water partition coefficient (Wildman–Crippen LogP) is 5.00. The molecule has 2 aliphatic rings. The smallest absolute Gasteiger partial charge is 0.339 e. The molecule has 0 radical (unpaired) electrons. The van der Waals surface area contributed by atoms with E-state index in [1.165, 1.54) is 16.2 Å². The van der Waals surface area contributed by atoms with Crippen LogP contribution in [-0.4, -0.2) is 40.5 Å². The lowest BCUT2D eigenvalue weighted by molar-refractivity contribution is -0.123. The zero-order valence-corrected chi connectivity index (χ0v) is 21.7. The van der Waals surface area contributed by atoms with Gasteiger partial charge >= 0.3 is 5.97 Å². The molecule has 1 aliphatic heterocycles. The molecule has 3 aromatic rings. The van der Waals surface area contributed by atoms with Gasteiger partial charge in [-0.15, -0.1) is 11.3 Å². The zero-order valence-electron chi connectivity index (χ0n) is 20.9. The Balaban J connectivity index is 1.41. The van der Waals surface area contributed by atoms with E-state index < -0.39 is 18.0 Å². The number of anilines is 1. The minimum Gasteiger partial charge on any atom is -0.449 e. The number of rotatable bonds is 5. The van der Waals surface area contributed by atoms with Crippen LogP contribution in [0.3, 0.4) is 0 Å². The Morgan fingerprint density at radius 2 is 1.92 bits per heavy atom. The van der Waals surface area contributed by atoms with Gasteiger partial charge in [-0.3, -0.25) is 14.7 Å². The van der Waals surface area contributed by atoms with Gasteiger partial charge in [0.15, 0.2) is 6.10 Å². The number of nitrogens with zero attached hydrogens (tertiary/aromatic N) is 3. The summed E-state index contributed by atoms with van der Waals surface area (Å²) in [7, 11) is 0. The Morgan fingerprint density at radius 3 is 2.69 bits per heavy atom. The molecule has 2 aromatic heterocycles. The molecule has 1 aliphatic carbocycles. The number of nitriles is 1. The van der Waals surface area contributed by atoms with Gasteiger partial charge in [-0.2, -0.15) is 5.26 Å². The lowest BCUT2D eigenvalue weighted by Crippen LogP contribution is -2.37. The van der Waals surface area contributed by atoms with Crippen LogP contribution in [0.2, 0.25) is 0 Å². The summed E-state index contributed by atoms with van der Waals surface area (Å²) in [5, 5.41) is 13.8. The first-order chi connectivity index (χ1) is 17.4. The number of nitrogens with one attached hydrogen (secondary N) is 1. The van der Waals surface area contributed by atoms with Crippen molar-refractivity contribution in [2.24, 2.45) is 0 Å². The first kappa shape index (κ1) is 24.4. The van der Waals surface area contributed by atoms with Gasteiger partial charge in [0.2, 0.25) is 0 Å². The van der Waals surface area contributed by atoms with E-state index in [-0.39, 0.29) is 0 Å². The molecular formula is C28H30N4O3S. The summed E-state index contributed by atoms with van der Waals surface area (Å²) in [5.41, 5.74) is 4.63. The molecular weight excluding hydrogens is 472 g/mol. The van der Waals surface area contributed by atoms with Crippen LogP contribution in [0.5, 0.6) is 0 Å². The van der Waals surface area contributed by atoms with E-state index >= 15 is 0 Å². The van der Waals surface area contributed by atoms with Gasteiger partial charge < -0.3 is 10.1 Å². The van der Waals surface area contributed by atoms with Crippen molar-refractivity contribution in [3.05, 3.63) is 57.1 Å². The van der Waals surface area contributed by atoms with Crippen molar-refractivity contribution in [1.82, 2.24) is 9.88 Å². The maximum atomic E-state index is 13.6. The van der Waals surface area contributed by atoms with Gasteiger partial charge in [-0.1, -0.05) is 18.2 Å². The highest BCUT2D eigenvalue weighted by Gasteiger charge is 2.30. The van der Waals surface area contributed by atoms with Gasteiger partial charge in [0.25, 0.3) is 5.91 Å². The molecule has 8 heteroatoms. The lowest BCUT2D eigenvalue weighted by Gasteiger charge is -2.32. The minimum atomic E-state index is -1.02. The average Bonchev–Trinajstić information content (AvgIpc) is 3.23. The maximum absolute atomic E-state index is 13.6. The highest BCUT2D eigenvalue weighted by atomic mass is 32.1. The molecule has 0 spiro atoms. The van der Waals surface area contributed by atoms with Crippen molar-refractivity contribution in [2.45, 2.75) is 71.6 Å². The molecule has 1 unspecified atom stereocenters. The molecule has 0 bridgehead atoms. The number of carbonyl (C=O) groups is 2. The molecule has 5 rings (SSSR count). The van der Waals surface area contributed by atoms with Crippen LogP contribution in [0, 0.1) is 11.3 Å². The van der Waals surface area contributed by atoms with E-state index in [0.717, 1.165) is 66.4 Å². The maximum Gasteiger partial charge on any atom is 0.339 e. The van der Waals surface area contributed by atoms with E-state index in [1.807, 2.05) is 24.3 Å². The Bertz CT molecular complexity index is 1390. The van der Waals surface area contributed by atoms with Gasteiger partial charge in [0.05, 0.1) is 16.6 Å². The standard InChI is InChI=1S/C28H30N4O3S/c1-16(2)32-13-12-23-21(15-32)25(19-9-4-6-10-22(19)30-23)28(34)35-17(3)26(33)31-27-20(14-29)18-8-5-7-11-24(18)36-27/h4,6,9-10,16-17H,5,7-8,11-13,15H2,1-3H3,(H,31,33). The number of aryl methyl sites for hydroxylation is 1. The summed E-state index contributed by atoms with van der Waals surface area (Å²) in [6.45, 7) is 7.35. The Labute approximate surface area is 215 Å². The summed E-state index contributed by atoms with van der Waals surface area (Å²) >= 11 is 1.46. The van der Waals surface area contributed by atoms with E-state index in [9.17, 15) is 14.9 Å². The van der Waals surface area contributed by atoms with Crippen molar-refractivity contribution in [3.63, 3.8) is 0 Å². The summed E-state index contributed by atoms with van der Waals surface area (Å²) < 4.78 is 5.74. The first-order valence-electron chi connectivity index (χ1n) is 12.6. The number of thiophene rings is 1. The second-order valence-corrected chi connectivity index (χ2v) is 10.9. The molecule has 1 atom stereocenters. The van der Waals surface area contributed by atoms with Gasteiger partial charge in [0.1, 0.15) is 11.1 Å². The first-order valence-corrected chi connectivity index (χ1v) is 13.4. The van der Waals surface area contributed by atoms with Gasteiger partial charge in [-0.25, -0.2) is 4.79 Å². The Hall–Kier alpha value is -3.28. The number of fused-ring (bicyclic) bond motifs is 3. The summed E-state index contributed by atoms with van der Waals surface area (Å²) in [5.74, 6) is -0.960. The van der Waals surface area contributed by atoms with Crippen LogP contribution in [0.1, 0.15) is 71.2 Å². The topological polar surface area (TPSA) is 95.3 Å². The number of para-hydroxylation sites is 1. The normalized spacial score (nSPS) is 16.2. The number of carbonyl (C=O) groups excluding carboxylic acids is 2. The number of ether oxygens (including phenoxy) is 1. The molecule has 0 saturated heterocycles. The van der Waals surface area contributed by atoms with Gasteiger partial charge in [-0.05, 0) is 58.1 Å². The summed E-state index contributed by atoms with van der Waals surface area (Å²) in [4.78, 5) is 34.9. The largest absolute Gasteiger partial charge is 0.449 e. The predicted molar refractivity (Wildman–Crippen MR) is 140 cm³/mol. The van der Waals surface area contributed by atoms with E-state index in [1.54, 1.807) is 6.92 Å². The second-order valence-electron chi connectivity index (χ2n) is 9.81. The third-order valence-electron chi connectivity index (χ3n) is 7.18. The number of benzene rings is 1. The van der Waals surface area contributed by atoms with Crippen LogP contribution in [-0.2, 0) is 35.3 Å². The van der Waals surface area contributed by atoms with Crippen LogP contribution in [0.15, 0.2) is 24.3 Å². The fourth-order valence-corrected chi connectivity index (χ4v) is 6.39. The van der Waals surface area contributed by atoms with Crippen molar-refractivity contribution in [2.75, 3.05) is 11.9 Å². The van der Waals surface area contributed by atoms with E-state index in [0.29, 0.717) is 28.7 Å². The van der Waals surface area contributed by atoms with Crippen molar-refractivity contribution >= 4 is 39.1 Å². The van der Waals surface area contributed by atoms with Crippen LogP contribution in [0.4, 0.5) is 5.00 Å². The number of hydrogen-bond donors (Lipinski definition) is 1. The van der Waals surface area contributed by atoms with Crippen molar-refractivity contribution < 1.29 is 14.3 Å². The molecule has 1 aromatic carbocycles. The Kier molecular flexibility index (Phi) is 6.78. The zero-order chi connectivity index (χ0) is 25.4. The third kappa shape index (κ3) is 4.49. The summed E-state index contributed by atoms with van der Waals surface area (Å²) in [6.07, 6.45) is 3.69. The monoisotopic (exact) mass is 502 g/mol. The number of amides is 1. The summed E-state index contributed by atoms with van der Waals surface area (Å²) in [6, 6.07) is 10.2. The van der Waals surface area contributed by atoms with E-state index in [4.69, 9.17) is 9.72 Å². The molecule has 0 fully saturated rings. The minimum absolute atomic E-state index is 0.337. The van der Waals surface area contributed by atoms with Gasteiger partial charge in [0, 0.05) is 47.1 Å². The molecule has 186 valence electrons. The van der Waals surface area contributed by atoms with Crippen LogP contribution >= 0.6 is 11.3 Å². The lowest BCUT2D eigenvalue weighted by atomic mass is 9.95.